The Hall–Kier alpha value is -1.47. The summed E-state index contributed by atoms with van der Waals surface area (Å²) in [4.78, 5) is 5.61. The third-order valence-corrected chi connectivity index (χ3v) is 4.68. The molecule has 1 aliphatic heterocycles. The minimum atomic E-state index is -0.0380. The third kappa shape index (κ3) is 3.41. The normalized spacial score (nSPS) is 19.1. The number of aromatic nitrogens is 3. The predicted octanol–water partition coefficient (Wildman–Crippen LogP) is 3.29. The van der Waals surface area contributed by atoms with Crippen LogP contribution in [0.15, 0.2) is 10.6 Å². The van der Waals surface area contributed by atoms with E-state index in [9.17, 15) is 0 Å². The van der Waals surface area contributed by atoms with Crippen LogP contribution in [-0.4, -0.2) is 21.8 Å². The van der Waals surface area contributed by atoms with Crippen LogP contribution in [-0.2, 0) is 16.7 Å². The van der Waals surface area contributed by atoms with Crippen LogP contribution in [0.1, 0.15) is 55.5 Å². The van der Waals surface area contributed by atoms with Gasteiger partial charge in [-0.1, -0.05) is 25.9 Å². The zero-order valence-electron chi connectivity index (χ0n) is 12.5. The maximum Gasteiger partial charge on any atom is 0.315 e. The second kappa shape index (κ2) is 5.73. The van der Waals surface area contributed by atoms with Gasteiger partial charge >= 0.3 is 6.01 Å². The smallest absolute Gasteiger partial charge is 0.315 e. The minimum absolute atomic E-state index is 0.0380. The van der Waals surface area contributed by atoms with E-state index in [-0.39, 0.29) is 11.5 Å². The molecule has 2 aromatic heterocycles. The van der Waals surface area contributed by atoms with Crippen LogP contribution in [0, 0.1) is 0 Å². The predicted molar refractivity (Wildman–Crippen MR) is 80.4 cm³/mol. The average Bonchev–Trinajstić information content (AvgIpc) is 3.16. The molecular weight excluding hydrogens is 288 g/mol. The van der Waals surface area contributed by atoms with Crippen LogP contribution < -0.4 is 5.32 Å². The molecule has 7 heteroatoms. The lowest BCUT2D eigenvalue weighted by atomic mass is 9.98. The summed E-state index contributed by atoms with van der Waals surface area (Å²) >= 11 is 1.70. The van der Waals surface area contributed by atoms with Crippen LogP contribution in [0.25, 0.3) is 0 Å². The Morgan fingerprint density at radius 2 is 2.24 bits per heavy atom. The molecule has 6 nitrogen and oxygen atoms in total. The van der Waals surface area contributed by atoms with Gasteiger partial charge in [-0.25, -0.2) is 4.98 Å². The van der Waals surface area contributed by atoms with Gasteiger partial charge in [-0.3, -0.25) is 0 Å². The van der Waals surface area contributed by atoms with Crippen molar-refractivity contribution in [2.75, 3.05) is 11.9 Å². The Labute approximate surface area is 127 Å². The Kier molecular flexibility index (Phi) is 3.95. The largest absolute Gasteiger partial charge is 0.405 e. The molecule has 0 amide bonds. The second-order valence-electron chi connectivity index (χ2n) is 6.18. The van der Waals surface area contributed by atoms with E-state index in [1.54, 1.807) is 11.3 Å². The van der Waals surface area contributed by atoms with Crippen molar-refractivity contribution in [3.05, 3.63) is 22.0 Å². The van der Waals surface area contributed by atoms with Crippen LogP contribution in [0.2, 0.25) is 0 Å². The van der Waals surface area contributed by atoms with Crippen molar-refractivity contribution < 1.29 is 9.15 Å². The number of anilines is 1. The Morgan fingerprint density at radius 1 is 1.38 bits per heavy atom. The summed E-state index contributed by atoms with van der Waals surface area (Å²) in [6.45, 7) is 7.89. The van der Waals surface area contributed by atoms with Crippen molar-refractivity contribution >= 4 is 17.4 Å². The van der Waals surface area contributed by atoms with Gasteiger partial charge in [-0.15, -0.1) is 16.4 Å². The first-order valence-electron chi connectivity index (χ1n) is 7.16. The van der Waals surface area contributed by atoms with Crippen LogP contribution in [0.4, 0.5) is 6.01 Å². The number of nitrogens with zero attached hydrogens (tertiary/aromatic N) is 3. The molecule has 114 valence electrons. The maximum absolute atomic E-state index is 5.59. The fraction of sp³-hybridized carbons (Fsp3) is 0.643. The van der Waals surface area contributed by atoms with Crippen molar-refractivity contribution in [3.63, 3.8) is 0 Å². The van der Waals surface area contributed by atoms with Gasteiger partial charge in [-0.2, -0.15) is 0 Å². The quantitative estimate of drug-likeness (QED) is 0.934. The van der Waals surface area contributed by atoms with E-state index in [0.29, 0.717) is 18.5 Å². The third-order valence-electron chi connectivity index (χ3n) is 3.25. The number of hydrogen-bond donors (Lipinski definition) is 1. The minimum Gasteiger partial charge on any atom is -0.405 e. The summed E-state index contributed by atoms with van der Waals surface area (Å²) in [6.07, 6.45) is 3.86. The van der Waals surface area contributed by atoms with Gasteiger partial charge in [0.05, 0.1) is 11.6 Å². The number of nitrogens with one attached hydrogen (secondary N) is 1. The molecule has 21 heavy (non-hydrogen) atoms. The van der Waals surface area contributed by atoms with E-state index in [2.05, 4.69) is 41.3 Å². The topological polar surface area (TPSA) is 73.1 Å². The molecule has 0 bridgehead atoms. The molecule has 1 atom stereocenters. The van der Waals surface area contributed by atoms with E-state index < -0.39 is 0 Å². The molecular formula is C14H20N4O2S. The van der Waals surface area contributed by atoms with Crippen LogP contribution in [0.5, 0.6) is 0 Å². The molecule has 0 aromatic carbocycles. The first kappa shape index (κ1) is 14.5. The molecule has 0 unspecified atom stereocenters. The molecule has 0 radical (unpaired) electrons. The average molecular weight is 308 g/mol. The van der Waals surface area contributed by atoms with Crippen molar-refractivity contribution in [1.82, 2.24) is 15.2 Å². The Bertz CT molecular complexity index is 596. The molecule has 3 heterocycles. The van der Waals surface area contributed by atoms with Gasteiger partial charge in [0.15, 0.2) is 0 Å². The summed E-state index contributed by atoms with van der Waals surface area (Å²) < 4.78 is 11.1. The van der Waals surface area contributed by atoms with Crippen molar-refractivity contribution in [2.24, 2.45) is 0 Å². The standard InChI is InChI=1S/C14H20N4O2S/c1-14(2,3)12-15-7-9(21-12)8-16-13-18-17-11(20-13)10-5-4-6-19-10/h7,10H,4-6,8H2,1-3H3,(H,16,18)/t10-/m1/s1. The highest BCUT2D eigenvalue weighted by atomic mass is 32.1. The Balaban J connectivity index is 1.59. The molecule has 1 aliphatic rings. The summed E-state index contributed by atoms with van der Waals surface area (Å²) in [5.41, 5.74) is 0.0837. The highest BCUT2D eigenvalue weighted by molar-refractivity contribution is 7.11. The lowest BCUT2D eigenvalue weighted by Gasteiger charge is -2.13. The molecule has 1 fully saturated rings. The monoisotopic (exact) mass is 308 g/mol. The first-order chi connectivity index (χ1) is 10.0. The van der Waals surface area contributed by atoms with Crippen LogP contribution >= 0.6 is 11.3 Å². The molecule has 0 aliphatic carbocycles. The van der Waals surface area contributed by atoms with Gasteiger partial charge in [0.25, 0.3) is 0 Å². The van der Waals surface area contributed by atoms with Crippen molar-refractivity contribution in [2.45, 2.75) is 51.7 Å². The second-order valence-corrected chi connectivity index (χ2v) is 7.30. The molecule has 0 spiro atoms. The van der Waals surface area contributed by atoms with E-state index >= 15 is 0 Å². The Morgan fingerprint density at radius 3 is 2.90 bits per heavy atom. The summed E-state index contributed by atoms with van der Waals surface area (Å²) in [5, 5.41) is 12.3. The highest BCUT2D eigenvalue weighted by Crippen LogP contribution is 2.29. The lowest BCUT2D eigenvalue weighted by molar-refractivity contribution is 0.0897. The summed E-state index contributed by atoms with van der Waals surface area (Å²) in [5.74, 6) is 0.565. The van der Waals surface area contributed by atoms with E-state index in [1.807, 2.05) is 6.20 Å². The highest BCUT2D eigenvalue weighted by Gasteiger charge is 2.23. The maximum atomic E-state index is 5.59. The molecule has 2 aromatic rings. The summed E-state index contributed by atoms with van der Waals surface area (Å²) in [7, 11) is 0. The van der Waals surface area contributed by atoms with Gasteiger partial charge < -0.3 is 14.5 Å². The number of hydrogen-bond acceptors (Lipinski definition) is 7. The zero-order chi connectivity index (χ0) is 14.9. The first-order valence-corrected chi connectivity index (χ1v) is 7.98. The van der Waals surface area contributed by atoms with E-state index in [0.717, 1.165) is 29.3 Å². The number of ether oxygens (including phenoxy) is 1. The SMILES string of the molecule is CC(C)(C)c1ncc(CNc2nnc([C@H]3CCCO3)o2)s1. The molecule has 0 saturated carbocycles. The number of thiazole rings is 1. The fourth-order valence-corrected chi connectivity index (χ4v) is 3.02. The summed E-state index contributed by atoms with van der Waals surface area (Å²) in [6, 6.07) is 0.436. The fourth-order valence-electron chi connectivity index (χ4n) is 2.11. The van der Waals surface area contributed by atoms with Gasteiger partial charge in [-0.05, 0) is 12.8 Å². The number of rotatable bonds is 4. The van der Waals surface area contributed by atoms with Crippen LogP contribution in [0.3, 0.4) is 0 Å². The lowest BCUT2D eigenvalue weighted by Crippen LogP contribution is -2.09. The molecule has 3 rings (SSSR count). The van der Waals surface area contributed by atoms with Gasteiger partial charge in [0, 0.05) is 23.1 Å². The molecule has 1 saturated heterocycles. The van der Waals surface area contributed by atoms with Crippen molar-refractivity contribution in [1.29, 1.82) is 0 Å². The molecule has 1 N–H and O–H groups in total. The van der Waals surface area contributed by atoms with Crippen molar-refractivity contribution in [3.8, 4) is 0 Å². The zero-order valence-corrected chi connectivity index (χ0v) is 13.4. The van der Waals surface area contributed by atoms with Gasteiger partial charge in [0.1, 0.15) is 6.10 Å². The van der Waals surface area contributed by atoms with Gasteiger partial charge in [0.2, 0.25) is 5.89 Å². The van der Waals surface area contributed by atoms with E-state index in [1.165, 1.54) is 0 Å². The van der Waals surface area contributed by atoms with E-state index in [4.69, 9.17) is 9.15 Å².